The third-order valence-corrected chi connectivity index (χ3v) is 8.07. The lowest BCUT2D eigenvalue weighted by atomic mass is 10.2. The van der Waals surface area contributed by atoms with E-state index in [0.29, 0.717) is 0 Å². The van der Waals surface area contributed by atoms with Gasteiger partial charge < -0.3 is 0 Å². The Morgan fingerprint density at radius 3 is 2.00 bits per heavy atom. The van der Waals surface area contributed by atoms with Crippen LogP contribution in [0.2, 0.25) is 0 Å². The first-order valence-corrected chi connectivity index (χ1v) is 11.6. The Kier molecular flexibility index (Phi) is 5.06. The van der Waals surface area contributed by atoms with Crippen molar-refractivity contribution in [1.29, 1.82) is 0 Å². The highest BCUT2D eigenvalue weighted by Crippen LogP contribution is 2.32. The number of aryl methyl sites for hydroxylation is 2. The van der Waals surface area contributed by atoms with Crippen molar-refractivity contribution < 1.29 is 9.13 Å². The second-order valence-corrected chi connectivity index (χ2v) is 9.51. The number of fused-ring (bicyclic) bond motifs is 2. The molecule has 0 bridgehead atoms. The summed E-state index contributed by atoms with van der Waals surface area (Å²) in [7, 11) is 4.11. The minimum Gasteiger partial charge on any atom is -0.186 e. The van der Waals surface area contributed by atoms with Crippen LogP contribution in [0.25, 0.3) is 31.0 Å². The van der Waals surface area contributed by atoms with Crippen molar-refractivity contribution in [2.45, 2.75) is 5.50 Å². The predicted octanol–water partition coefficient (Wildman–Crippen LogP) is 6.45. The van der Waals surface area contributed by atoms with E-state index in [0.717, 1.165) is 21.8 Å². The minimum absolute atomic E-state index is 0.521. The molecule has 0 spiro atoms. The number of alkyl halides is 1. The summed E-state index contributed by atoms with van der Waals surface area (Å²) < 4.78 is 6.78. The van der Waals surface area contributed by atoms with Crippen molar-refractivity contribution in [2.75, 3.05) is 0 Å². The Morgan fingerprint density at radius 2 is 1.37 bits per heavy atom. The first kappa shape index (κ1) is 19.3. The lowest BCUT2D eigenvalue weighted by Crippen LogP contribution is -2.31. The average Bonchev–Trinajstić information content (AvgIpc) is 3.30. The maximum absolute atomic E-state index is 6.55. The molecule has 0 saturated heterocycles. The molecule has 0 aliphatic rings. The normalized spacial score (nSPS) is 12.9. The van der Waals surface area contributed by atoms with Gasteiger partial charge in [-0.3, -0.25) is 0 Å². The molecule has 0 saturated carbocycles. The number of hydrogen-bond donors (Lipinski definition) is 0. The zero-order chi connectivity index (χ0) is 20.7. The Morgan fingerprint density at radius 1 is 0.767 bits per heavy atom. The van der Waals surface area contributed by atoms with E-state index in [9.17, 15) is 0 Å². The molecule has 30 heavy (non-hydrogen) atoms. The van der Waals surface area contributed by atoms with Crippen LogP contribution < -0.4 is 9.13 Å². The average molecular weight is 451 g/mol. The molecule has 0 fully saturated rings. The molecule has 3 aromatic carbocycles. The topological polar surface area (TPSA) is 32.5 Å². The number of azo groups is 1. The molecule has 5 rings (SSSR count). The standard InChI is InChI=1S/C23H19ClN4S2/c1-27-17-7-3-5-9-19(17)29-22(27)15-11-13-16(14-12-15)25-26-21(24)23-28(2)18-8-4-6-10-20(18)30-23/h3-14,21H,1-2H3/q+2. The molecule has 2 heterocycles. The number of halogens is 1. The first-order chi connectivity index (χ1) is 14.6. The molecule has 0 amide bonds. The molecule has 5 aromatic rings. The van der Waals surface area contributed by atoms with Gasteiger partial charge in [-0.1, -0.05) is 58.5 Å². The molecule has 148 valence electrons. The predicted molar refractivity (Wildman–Crippen MR) is 125 cm³/mol. The van der Waals surface area contributed by atoms with Crippen LogP contribution in [0.15, 0.2) is 83.0 Å². The number of benzene rings is 3. The van der Waals surface area contributed by atoms with E-state index in [1.807, 2.05) is 31.3 Å². The highest BCUT2D eigenvalue weighted by molar-refractivity contribution is 7.21. The highest BCUT2D eigenvalue weighted by atomic mass is 35.5. The third kappa shape index (κ3) is 3.41. The fourth-order valence-electron chi connectivity index (χ4n) is 3.52. The van der Waals surface area contributed by atoms with E-state index in [-0.39, 0.29) is 0 Å². The quantitative estimate of drug-likeness (QED) is 0.130. The van der Waals surface area contributed by atoms with Gasteiger partial charge in [0.25, 0.3) is 10.0 Å². The van der Waals surface area contributed by atoms with Gasteiger partial charge in [0.05, 0.1) is 11.3 Å². The van der Waals surface area contributed by atoms with E-state index < -0.39 is 5.50 Å². The van der Waals surface area contributed by atoms with Crippen LogP contribution >= 0.6 is 34.3 Å². The van der Waals surface area contributed by atoms with Crippen molar-refractivity contribution in [3.05, 3.63) is 77.8 Å². The maximum Gasteiger partial charge on any atom is 0.280 e. The molecular weight excluding hydrogens is 432 g/mol. The third-order valence-electron chi connectivity index (χ3n) is 5.10. The summed E-state index contributed by atoms with van der Waals surface area (Å²) in [5.74, 6) is 0. The van der Waals surface area contributed by atoms with Gasteiger partial charge in [0.1, 0.15) is 23.5 Å². The summed E-state index contributed by atoms with van der Waals surface area (Å²) in [5.41, 5.74) is 3.82. The van der Waals surface area contributed by atoms with E-state index in [1.165, 1.54) is 19.9 Å². The van der Waals surface area contributed by atoms with Crippen LogP contribution in [0.5, 0.6) is 0 Å². The number of nitrogens with zero attached hydrogens (tertiary/aromatic N) is 4. The van der Waals surface area contributed by atoms with Crippen molar-refractivity contribution >= 4 is 60.4 Å². The Hall–Kier alpha value is -2.67. The lowest BCUT2D eigenvalue weighted by molar-refractivity contribution is -0.648. The SMILES string of the molecule is C[n+]1c(-c2ccc(N=NC(Cl)c3sc4ccccc4[n+]3C)cc2)sc2ccccc21. The number of thiazole rings is 2. The van der Waals surface area contributed by atoms with Crippen LogP contribution in [0, 0.1) is 0 Å². The highest BCUT2D eigenvalue weighted by Gasteiger charge is 2.24. The van der Waals surface area contributed by atoms with E-state index in [2.05, 4.69) is 74.9 Å². The molecule has 0 radical (unpaired) electrons. The van der Waals surface area contributed by atoms with Gasteiger partial charge in [-0.15, -0.1) is 0 Å². The molecule has 1 atom stereocenters. The molecule has 2 aromatic heterocycles. The summed E-state index contributed by atoms with van der Waals surface area (Å²) in [4.78, 5) is 0. The molecule has 4 nitrogen and oxygen atoms in total. The van der Waals surface area contributed by atoms with Gasteiger partial charge in [-0.25, -0.2) is 0 Å². The molecular formula is C23H19ClN4S2+2. The van der Waals surface area contributed by atoms with E-state index >= 15 is 0 Å². The van der Waals surface area contributed by atoms with Crippen molar-refractivity contribution in [2.24, 2.45) is 24.3 Å². The number of para-hydroxylation sites is 2. The van der Waals surface area contributed by atoms with Gasteiger partial charge in [0.15, 0.2) is 0 Å². The van der Waals surface area contributed by atoms with Crippen molar-refractivity contribution in [3.63, 3.8) is 0 Å². The van der Waals surface area contributed by atoms with Gasteiger partial charge in [-0.05, 0) is 36.4 Å². The lowest BCUT2D eigenvalue weighted by Gasteiger charge is -1.98. The van der Waals surface area contributed by atoms with Gasteiger partial charge in [0.2, 0.25) is 16.5 Å². The second-order valence-electron chi connectivity index (χ2n) is 7.00. The molecule has 7 heteroatoms. The van der Waals surface area contributed by atoms with Crippen LogP contribution in [-0.2, 0) is 14.1 Å². The zero-order valence-corrected chi connectivity index (χ0v) is 18.9. The van der Waals surface area contributed by atoms with E-state index in [1.54, 1.807) is 22.7 Å². The molecule has 1 unspecified atom stereocenters. The molecule has 0 aliphatic carbocycles. The summed E-state index contributed by atoms with van der Waals surface area (Å²) in [6, 6.07) is 24.8. The van der Waals surface area contributed by atoms with Crippen molar-refractivity contribution in [3.8, 4) is 10.6 Å². The second kappa shape index (κ2) is 7.87. The fraction of sp³-hybridized carbons (Fsp3) is 0.130. The summed E-state index contributed by atoms with van der Waals surface area (Å²) in [5, 5.41) is 10.9. The van der Waals surface area contributed by atoms with E-state index in [4.69, 9.17) is 11.6 Å². The van der Waals surface area contributed by atoms with Gasteiger partial charge in [0, 0.05) is 12.1 Å². The number of aromatic nitrogens is 2. The molecule has 0 aliphatic heterocycles. The Bertz CT molecular complexity index is 1390. The maximum atomic E-state index is 6.55. The monoisotopic (exact) mass is 450 g/mol. The number of hydrogen-bond acceptors (Lipinski definition) is 4. The first-order valence-electron chi connectivity index (χ1n) is 9.52. The number of rotatable bonds is 4. The minimum atomic E-state index is -0.521. The van der Waals surface area contributed by atoms with Crippen molar-refractivity contribution in [1.82, 2.24) is 0 Å². The fourth-order valence-corrected chi connectivity index (χ4v) is 6.06. The smallest absolute Gasteiger partial charge is 0.186 e. The van der Waals surface area contributed by atoms with Crippen LogP contribution in [0.3, 0.4) is 0 Å². The van der Waals surface area contributed by atoms with Gasteiger partial charge in [-0.2, -0.15) is 19.4 Å². The van der Waals surface area contributed by atoms with Crippen LogP contribution in [0.4, 0.5) is 5.69 Å². The Balaban J connectivity index is 1.39. The summed E-state index contributed by atoms with van der Waals surface area (Å²) in [6.07, 6.45) is 0. The van der Waals surface area contributed by atoms with Crippen LogP contribution in [0.1, 0.15) is 10.5 Å². The molecule has 0 N–H and O–H groups in total. The zero-order valence-electron chi connectivity index (χ0n) is 16.5. The summed E-state index contributed by atoms with van der Waals surface area (Å²) >= 11 is 9.99. The van der Waals surface area contributed by atoms with Crippen LogP contribution in [-0.4, -0.2) is 0 Å². The largest absolute Gasteiger partial charge is 0.280 e. The van der Waals surface area contributed by atoms with Gasteiger partial charge >= 0.3 is 0 Å². The summed E-state index contributed by atoms with van der Waals surface area (Å²) in [6.45, 7) is 0. The Labute approximate surface area is 187 Å².